The van der Waals surface area contributed by atoms with Crippen molar-refractivity contribution < 1.29 is 19.3 Å². The van der Waals surface area contributed by atoms with E-state index in [1.807, 2.05) is 6.08 Å². The number of allylic oxidation sites excluding steroid dienone is 1. The van der Waals surface area contributed by atoms with E-state index >= 15 is 0 Å². The van der Waals surface area contributed by atoms with Gasteiger partial charge in [-0.25, -0.2) is 0 Å². The highest BCUT2D eigenvalue weighted by molar-refractivity contribution is 4.64. The molecular weight excluding hydrogens is 196 g/mol. The van der Waals surface area contributed by atoms with Crippen LogP contribution < -0.4 is 0 Å². The van der Waals surface area contributed by atoms with Crippen molar-refractivity contribution in [1.29, 1.82) is 0 Å². The summed E-state index contributed by atoms with van der Waals surface area (Å²) in [4.78, 5) is 0. The minimum Gasteiger partial charge on any atom is -0.394 e. The van der Waals surface area contributed by atoms with Gasteiger partial charge in [-0.2, -0.15) is 0 Å². The Morgan fingerprint density at radius 3 is 1.93 bits per heavy atom. The normalized spacial score (nSPS) is 10.5. The van der Waals surface area contributed by atoms with Gasteiger partial charge in [-0.1, -0.05) is 6.08 Å². The predicted octanol–water partition coefficient (Wildman–Crippen LogP) is 0.995. The third-order valence-corrected chi connectivity index (χ3v) is 1.68. The Labute approximate surface area is 91.8 Å². The molecule has 90 valence electrons. The van der Waals surface area contributed by atoms with E-state index in [4.69, 9.17) is 19.3 Å². The molecule has 1 N–H and O–H groups in total. The molecule has 0 fully saturated rings. The number of ether oxygens (including phenoxy) is 3. The summed E-state index contributed by atoms with van der Waals surface area (Å²) >= 11 is 0. The van der Waals surface area contributed by atoms with Gasteiger partial charge in [0.15, 0.2) is 0 Å². The van der Waals surface area contributed by atoms with Gasteiger partial charge in [0.25, 0.3) is 0 Å². The minimum absolute atomic E-state index is 0.0619. The second-order valence-corrected chi connectivity index (χ2v) is 2.99. The molecule has 0 radical (unpaired) electrons. The Morgan fingerprint density at radius 2 is 1.40 bits per heavy atom. The van der Waals surface area contributed by atoms with E-state index in [0.29, 0.717) is 33.0 Å². The smallest absolute Gasteiger partial charge is 0.0701 e. The second kappa shape index (κ2) is 13.6. The van der Waals surface area contributed by atoms with Gasteiger partial charge < -0.3 is 19.3 Å². The van der Waals surface area contributed by atoms with Crippen LogP contribution in [0.3, 0.4) is 0 Å². The lowest BCUT2D eigenvalue weighted by atomic mass is 10.3. The van der Waals surface area contributed by atoms with Crippen molar-refractivity contribution in [2.24, 2.45) is 0 Å². The van der Waals surface area contributed by atoms with Gasteiger partial charge >= 0.3 is 0 Å². The number of hydrogen-bond acceptors (Lipinski definition) is 4. The Balaban J connectivity index is 2.83. The van der Waals surface area contributed by atoms with Crippen LogP contribution in [0.5, 0.6) is 0 Å². The summed E-state index contributed by atoms with van der Waals surface area (Å²) < 4.78 is 15.6. The lowest BCUT2D eigenvalue weighted by Crippen LogP contribution is -2.11. The van der Waals surface area contributed by atoms with E-state index in [1.54, 1.807) is 0 Å². The highest BCUT2D eigenvalue weighted by Crippen LogP contribution is 1.90. The zero-order valence-corrected chi connectivity index (χ0v) is 9.32. The molecule has 0 spiro atoms. The SMILES string of the molecule is C=CCCCOCCOCCOCCO. The summed E-state index contributed by atoms with van der Waals surface area (Å²) in [5, 5.41) is 8.42. The van der Waals surface area contributed by atoms with Crippen molar-refractivity contribution >= 4 is 0 Å². The van der Waals surface area contributed by atoms with Crippen LogP contribution in [0.4, 0.5) is 0 Å². The van der Waals surface area contributed by atoms with Crippen molar-refractivity contribution in [3.8, 4) is 0 Å². The molecule has 0 heterocycles. The maximum absolute atomic E-state index is 8.42. The lowest BCUT2D eigenvalue weighted by Gasteiger charge is -2.05. The maximum atomic E-state index is 8.42. The molecule has 15 heavy (non-hydrogen) atoms. The van der Waals surface area contributed by atoms with Gasteiger partial charge in [-0.3, -0.25) is 0 Å². The minimum atomic E-state index is 0.0619. The molecule has 4 nitrogen and oxygen atoms in total. The summed E-state index contributed by atoms with van der Waals surface area (Å²) in [5.41, 5.74) is 0. The molecule has 0 aliphatic rings. The summed E-state index contributed by atoms with van der Waals surface area (Å²) in [6.07, 6.45) is 3.90. The third-order valence-electron chi connectivity index (χ3n) is 1.68. The van der Waals surface area contributed by atoms with Gasteiger partial charge in [-0.15, -0.1) is 6.58 Å². The zero-order valence-electron chi connectivity index (χ0n) is 9.32. The fourth-order valence-corrected chi connectivity index (χ4v) is 0.936. The first-order chi connectivity index (χ1) is 7.41. The van der Waals surface area contributed by atoms with E-state index in [2.05, 4.69) is 6.58 Å². The zero-order chi connectivity index (χ0) is 11.2. The van der Waals surface area contributed by atoms with Crippen LogP contribution in [-0.4, -0.2) is 51.4 Å². The lowest BCUT2D eigenvalue weighted by molar-refractivity contribution is 0.00750. The molecule has 0 aromatic carbocycles. The monoisotopic (exact) mass is 218 g/mol. The Morgan fingerprint density at radius 1 is 0.867 bits per heavy atom. The number of aliphatic hydroxyl groups is 1. The van der Waals surface area contributed by atoms with Gasteiger partial charge in [0.05, 0.1) is 39.6 Å². The Kier molecular flexibility index (Phi) is 13.2. The topological polar surface area (TPSA) is 47.9 Å². The van der Waals surface area contributed by atoms with Crippen LogP contribution in [-0.2, 0) is 14.2 Å². The fourth-order valence-electron chi connectivity index (χ4n) is 0.936. The number of rotatable bonds is 12. The van der Waals surface area contributed by atoms with E-state index < -0.39 is 0 Å². The van der Waals surface area contributed by atoms with E-state index in [-0.39, 0.29) is 6.61 Å². The molecule has 0 amide bonds. The average Bonchev–Trinajstić information content (AvgIpc) is 2.26. The quantitative estimate of drug-likeness (QED) is 0.392. The number of unbranched alkanes of at least 4 members (excludes halogenated alkanes) is 1. The molecule has 0 aromatic heterocycles. The van der Waals surface area contributed by atoms with Crippen LogP contribution >= 0.6 is 0 Å². The molecule has 0 bridgehead atoms. The molecule has 0 unspecified atom stereocenters. The average molecular weight is 218 g/mol. The summed E-state index contributed by atoms with van der Waals surface area (Å²) in [5.74, 6) is 0. The second-order valence-electron chi connectivity index (χ2n) is 2.99. The van der Waals surface area contributed by atoms with Crippen LogP contribution in [0.1, 0.15) is 12.8 Å². The van der Waals surface area contributed by atoms with Gasteiger partial charge in [0.2, 0.25) is 0 Å². The maximum Gasteiger partial charge on any atom is 0.0701 e. The van der Waals surface area contributed by atoms with Crippen molar-refractivity contribution in [3.05, 3.63) is 12.7 Å². The van der Waals surface area contributed by atoms with Crippen molar-refractivity contribution in [2.75, 3.05) is 46.2 Å². The highest BCUT2D eigenvalue weighted by atomic mass is 16.5. The Hall–Kier alpha value is -0.420. The van der Waals surface area contributed by atoms with Crippen molar-refractivity contribution in [3.63, 3.8) is 0 Å². The first-order valence-corrected chi connectivity index (χ1v) is 5.36. The molecule has 0 saturated heterocycles. The van der Waals surface area contributed by atoms with E-state index in [1.165, 1.54) is 0 Å². The summed E-state index contributed by atoms with van der Waals surface area (Å²) in [6, 6.07) is 0. The highest BCUT2D eigenvalue weighted by Gasteiger charge is 1.90. The summed E-state index contributed by atoms with van der Waals surface area (Å²) in [7, 11) is 0. The van der Waals surface area contributed by atoms with Crippen LogP contribution in [0.15, 0.2) is 12.7 Å². The van der Waals surface area contributed by atoms with Crippen LogP contribution in [0.2, 0.25) is 0 Å². The molecular formula is C11H22O4. The first kappa shape index (κ1) is 14.6. The molecule has 0 aliphatic carbocycles. The fraction of sp³-hybridized carbons (Fsp3) is 0.818. The van der Waals surface area contributed by atoms with Gasteiger partial charge in [0.1, 0.15) is 0 Å². The van der Waals surface area contributed by atoms with Crippen LogP contribution in [0, 0.1) is 0 Å². The van der Waals surface area contributed by atoms with Gasteiger partial charge in [-0.05, 0) is 12.8 Å². The third kappa shape index (κ3) is 13.6. The molecule has 0 saturated carbocycles. The van der Waals surface area contributed by atoms with E-state index in [0.717, 1.165) is 19.4 Å². The number of hydrogen-bond donors (Lipinski definition) is 1. The molecule has 0 atom stereocenters. The Bertz CT molecular complexity index is 128. The first-order valence-electron chi connectivity index (χ1n) is 5.36. The van der Waals surface area contributed by atoms with E-state index in [9.17, 15) is 0 Å². The molecule has 0 aromatic rings. The number of aliphatic hydroxyl groups excluding tert-OH is 1. The molecule has 4 heteroatoms. The van der Waals surface area contributed by atoms with Crippen molar-refractivity contribution in [2.45, 2.75) is 12.8 Å². The standard InChI is InChI=1S/C11H22O4/c1-2-3-4-6-13-8-10-15-11-9-14-7-5-12/h2,12H,1,3-11H2. The summed E-state index contributed by atoms with van der Waals surface area (Å²) in [6.45, 7) is 7.12. The predicted molar refractivity (Wildman–Crippen MR) is 59.0 cm³/mol. The largest absolute Gasteiger partial charge is 0.394 e. The molecule has 0 aliphatic heterocycles. The van der Waals surface area contributed by atoms with Gasteiger partial charge in [0, 0.05) is 6.61 Å². The van der Waals surface area contributed by atoms with Crippen LogP contribution in [0.25, 0.3) is 0 Å². The van der Waals surface area contributed by atoms with Crippen molar-refractivity contribution in [1.82, 2.24) is 0 Å². The molecule has 0 rings (SSSR count).